The van der Waals surface area contributed by atoms with Crippen molar-refractivity contribution in [3.05, 3.63) is 29.8 Å². The Morgan fingerprint density at radius 3 is 2.48 bits per heavy atom. The summed E-state index contributed by atoms with van der Waals surface area (Å²) in [5.41, 5.74) is 0.915. The van der Waals surface area contributed by atoms with Gasteiger partial charge in [0.25, 0.3) is 0 Å². The number of hydrogen-bond donors (Lipinski definition) is 1. The molecule has 1 aromatic rings. The zero-order chi connectivity index (χ0) is 16.9. The van der Waals surface area contributed by atoms with E-state index >= 15 is 0 Å². The van der Waals surface area contributed by atoms with E-state index in [2.05, 4.69) is 12.2 Å². The molecule has 0 aliphatic carbocycles. The molecular formula is C19H29NO3. The Balaban J connectivity index is 2.54. The van der Waals surface area contributed by atoms with E-state index in [1.807, 2.05) is 32.0 Å². The fourth-order valence-electron chi connectivity index (χ4n) is 2.17. The van der Waals surface area contributed by atoms with Crippen molar-refractivity contribution in [3.63, 3.8) is 0 Å². The average molecular weight is 319 g/mol. The van der Waals surface area contributed by atoms with Crippen molar-refractivity contribution in [1.82, 2.24) is 5.32 Å². The Bertz CT molecular complexity index is 497. The summed E-state index contributed by atoms with van der Waals surface area (Å²) in [6.45, 7) is 7.95. The summed E-state index contributed by atoms with van der Waals surface area (Å²) in [5, 5.41) is 2.90. The topological polar surface area (TPSA) is 47.6 Å². The molecule has 1 amide bonds. The van der Waals surface area contributed by atoms with Crippen molar-refractivity contribution in [2.24, 2.45) is 0 Å². The second-order valence-corrected chi connectivity index (χ2v) is 5.26. The number of ether oxygens (including phenoxy) is 2. The fourth-order valence-corrected chi connectivity index (χ4v) is 2.17. The Hall–Kier alpha value is -1.97. The van der Waals surface area contributed by atoms with Gasteiger partial charge in [-0.15, -0.1) is 0 Å². The maximum atomic E-state index is 11.8. The van der Waals surface area contributed by atoms with Crippen LogP contribution < -0.4 is 14.8 Å². The van der Waals surface area contributed by atoms with Gasteiger partial charge in [-0.25, -0.2) is 0 Å². The summed E-state index contributed by atoms with van der Waals surface area (Å²) in [4.78, 5) is 11.8. The van der Waals surface area contributed by atoms with Gasteiger partial charge in [0.2, 0.25) is 5.91 Å². The first-order valence-corrected chi connectivity index (χ1v) is 8.56. The highest BCUT2D eigenvalue weighted by Gasteiger charge is 2.05. The molecule has 0 heterocycles. The van der Waals surface area contributed by atoms with Gasteiger partial charge in [-0.1, -0.05) is 32.3 Å². The molecule has 4 nitrogen and oxygen atoms in total. The molecule has 0 saturated carbocycles. The lowest BCUT2D eigenvalue weighted by Crippen LogP contribution is -2.21. The number of carbonyl (C=O) groups excluding carboxylic acids is 1. The molecule has 0 unspecified atom stereocenters. The molecule has 0 saturated heterocycles. The van der Waals surface area contributed by atoms with Gasteiger partial charge in [-0.2, -0.15) is 0 Å². The molecule has 128 valence electrons. The molecule has 1 aromatic carbocycles. The summed E-state index contributed by atoms with van der Waals surface area (Å²) in [6, 6.07) is 5.68. The zero-order valence-electron chi connectivity index (χ0n) is 14.6. The van der Waals surface area contributed by atoms with Gasteiger partial charge in [0, 0.05) is 12.6 Å². The Labute approximate surface area is 139 Å². The van der Waals surface area contributed by atoms with Crippen LogP contribution in [0.2, 0.25) is 0 Å². The van der Waals surface area contributed by atoms with Crippen molar-refractivity contribution < 1.29 is 14.3 Å². The summed E-state index contributed by atoms with van der Waals surface area (Å²) in [6.07, 6.45) is 7.97. The van der Waals surface area contributed by atoms with E-state index in [0.29, 0.717) is 19.0 Å². The van der Waals surface area contributed by atoms with Crippen LogP contribution in [0.25, 0.3) is 6.08 Å². The SMILES string of the molecule is CCCCCCNC(=O)/C=C/c1ccc(OCC)c(OCC)c1. The quantitative estimate of drug-likeness (QED) is 0.491. The maximum Gasteiger partial charge on any atom is 0.243 e. The lowest BCUT2D eigenvalue weighted by atomic mass is 10.2. The predicted molar refractivity (Wildman–Crippen MR) is 95.0 cm³/mol. The molecule has 1 N–H and O–H groups in total. The number of carbonyl (C=O) groups is 1. The second-order valence-electron chi connectivity index (χ2n) is 5.26. The summed E-state index contributed by atoms with van der Waals surface area (Å²) < 4.78 is 11.1. The number of benzene rings is 1. The third-order valence-corrected chi connectivity index (χ3v) is 3.32. The summed E-state index contributed by atoms with van der Waals surface area (Å²) in [5.74, 6) is 1.37. The van der Waals surface area contributed by atoms with E-state index in [-0.39, 0.29) is 5.91 Å². The second kappa shape index (κ2) is 11.6. The van der Waals surface area contributed by atoms with Crippen LogP contribution in [-0.4, -0.2) is 25.7 Å². The van der Waals surface area contributed by atoms with Gasteiger partial charge in [0.05, 0.1) is 13.2 Å². The highest BCUT2D eigenvalue weighted by Crippen LogP contribution is 2.28. The van der Waals surface area contributed by atoms with E-state index in [1.165, 1.54) is 12.8 Å². The zero-order valence-corrected chi connectivity index (χ0v) is 14.6. The summed E-state index contributed by atoms with van der Waals surface area (Å²) in [7, 11) is 0. The largest absolute Gasteiger partial charge is 0.490 e. The summed E-state index contributed by atoms with van der Waals surface area (Å²) >= 11 is 0. The lowest BCUT2D eigenvalue weighted by Gasteiger charge is -2.11. The molecule has 0 aliphatic rings. The van der Waals surface area contributed by atoms with Crippen LogP contribution in [-0.2, 0) is 4.79 Å². The van der Waals surface area contributed by atoms with Crippen LogP contribution >= 0.6 is 0 Å². The van der Waals surface area contributed by atoms with Gasteiger partial charge >= 0.3 is 0 Å². The van der Waals surface area contributed by atoms with E-state index < -0.39 is 0 Å². The van der Waals surface area contributed by atoms with Gasteiger partial charge in [0.1, 0.15) is 0 Å². The van der Waals surface area contributed by atoms with Crippen LogP contribution in [0.15, 0.2) is 24.3 Å². The normalized spacial score (nSPS) is 10.7. The van der Waals surface area contributed by atoms with Gasteiger partial charge in [0.15, 0.2) is 11.5 Å². The number of nitrogens with one attached hydrogen (secondary N) is 1. The molecule has 0 bridgehead atoms. The minimum atomic E-state index is -0.0617. The number of amides is 1. The van der Waals surface area contributed by atoms with Crippen LogP contribution in [0.3, 0.4) is 0 Å². The fraction of sp³-hybridized carbons (Fsp3) is 0.526. The smallest absolute Gasteiger partial charge is 0.243 e. The standard InChI is InChI=1S/C19H29NO3/c1-4-7-8-9-14-20-19(21)13-11-16-10-12-17(22-5-2)18(15-16)23-6-3/h10-13,15H,4-9,14H2,1-3H3,(H,20,21)/b13-11+. The number of unbranched alkanes of at least 4 members (excludes halogenated alkanes) is 3. The van der Waals surface area contributed by atoms with E-state index in [0.717, 1.165) is 30.7 Å². The molecule has 23 heavy (non-hydrogen) atoms. The molecule has 4 heteroatoms. The van der Waals surface area contributed by atoms with Crippen molar-refractivity contribution in [2.45, 2.75) is 46.5 Å². The maximum absolute atomic E-state index is 11.8. The third-order valence-electron chi connectivity index (χ3n) is 3.32. The van der Waals surface area contributed by atoms with Crippen LogP contribution in [0.1, 0.15) is 52.0 Å². The molecule has 0 atom stereocenters. The molecule has 0 radical (unpaired) electrons. The van der Waals surface area contributed by atoms with Crippen molar-refractivity contribution in [1.29, 1.82) is 0 Å². The number of rotatable bonds is 11. The monoisotopic (exact) mass is 319 g/mol. The number of hydrogen-bond acceptors (Lipinski definition) is 3. The molecular weight excluding hydrogens is 290 g/mol. The molecule has 0 aliphatic heterocycles. The molecule has 0 fully saturated rings. The van der Waals surface area contributed by atoms with E-state index in [4.69, 9.17) is 9.47 Å². The average Bonchev–Trinajstić information content (AvgIpc) is 2.55. The van der Waals surface area contributed by atoms with Crippen LogP contribution in [0, 0.1) is 0 Å². The van der Waals surface area contributed by atoms with Crippen molar-refractivity contribution in [3.8, 4) is 11.5 Å². The van der Waals surface area contributed by atoms with Gasteiger partial charge in [-0.3, -0.25) is 4.79 Å². The van der Waals surface area contributed by atoms with Gasteiger partial charge < -0.3 is 14.8 Å². The molecule has 1 rings (SSSR count). The van der Waals surface area contributed by atoms with Gasteiger partial charge in [-0.05, 0) is 44.0 Å². The predicted octanol–water partition coefficient (Wildman–Crippen LogP) is 4.19. The third kappa shape index (κ3) is 7.73. The Morgan fingerprint density at radius 1 is 1.04 bits per heavy atom. The van der Waals surface area contributed by atoms with Crippen molar-refractivity contribution in [2.75, 3.05) is 19.8 Å². The highest BCUT2D eigenvalue weighted by atomic mass is 16.5. The van der Waals surface area contributed by atoms with Crippen LogP contribution in [0.5, 0.6) is 11.5 Å². The molecule has 0 aromatic heterocycles. The van der Waals surface area contributed by atoms with Crippen molar-refractivity contribution >= 4 is 12.0 Å². The minimum absolute atomic E-state index is 0.0617. The van der Waals surface area contributed by atoms with E-state index in [9.17, 15) is 4.79 Å². The Kier molecular flexibility index (Phi) is 9.60. The minimum Gasteiger partial charge on any atom is -0.490 e. The highest BCUT2D eigenvalue weighted by molar-refractivity contribution is 5.91. The first-order valence-electron chi connectivity index (χ1n) is 8.56. The van der Waals surface area contributed by atoms with E-state index in [1.54, 1.807) is 12.2 Å². The van der Waals surface area contributed by atoms with Crippen LogP contribution in [0.4, 0.5) is 0 Å². The Morgan fingerprint density at radius 2 is 1.78 bits per heavy atom. The first-order chi connectivity index (χ1) is 11.2. The first kappa shape index (κ1) is 19.1. The molecule has 0 spiro atoms. The lowest BCUT2D eigenvalue weighted by molar-refractivity contribution is -0.116.